The average Bonchev–Trinajstić information content (AvgIpc) is 3.03. The number of pyridine rings is 1. The number of nitrogens with one attached hydrogen (secondary N) is 1. The Balaban J connectivity index is 1.63. The molecule has 0 bridgehead atoms. The molecule has 1 N–H and O–H groups in total. The van der Waals surface area contributed by atoms with Gasteiger partial charge in [-0.25, -0.2) is 4.98 Å². The van der Waals surface area contributed by atoms with Crippen molar-refractivity contribution in [1.82, 2.24) is 4.98 Å². The molecule has 1 aliphatic rings. The first-order valence-electron chi connectivity index (χ1n) is 7.32. The first-order valence-corrected chi connectivity index (χ1v) is 7.32. The summed E-state index contributed by atoms with van der Waals surface area (Å²) in [4.78, 5) is 6.94. The molecule has 3 rings (SSSR count). The van der Waals surface area contributed by atoms with E-state index in [1.54, 1.807) is 12.5 Å². The Bertz CT molecular complexity index is 515. The van der Waals surface area contributed by atoms with Crippen LogP contribution in [0.5, 0.6) is 0 Å². The van der Waals surface area contributed by atoms with Crippen molar-refractivity contribution >= 4 is 11.5 Å². The Hall–Kier alpha value is -1.97. The largest absolute Gasteiger partial charge is 0.472 e. The lowest BCUT2D eigenvalue weighted by Gasteiger charge is -2.27. The zero-order chi connectivity index (χ0) is 13.8. The van der Waals surface area contributed by atoms with Gasteiger partial charge in [-0.05, 0) is 44.4 Å². The summed E-state index contributed by atoms with van der Waals surface area (Å²) in [5.41, 5.74) is 2.18. The van der Waals surface area contributed by atoms with Crippen LogP contribution in [-0.4, -0.2) is 18.1 Å². The van der Waals surface area contributed by atoms with E-state index in [1.165, 1.54) is 19.3 Å². The SMILES string of the molecule is CC(Nc1ccc(N2CCCCC2)nc1)c1ccoc1. The zero-order valence-electron chi connectivity index (χ0n) is 11.9. The van der Waals surface area contributed by atoms with E-state index in [0.29, 0.717) is 0 Å². The molecule has 4 nitrogen and oxygen atoms in total. The van der Waals surface area contributed by atoms with Crippen LogP contribution in [0.2, 0.25) is 0 Å². The third kappa shape index (κ3) is 2.95. The Morgan fingerprint density at radius 1 is 1.20 bits per heavy atom. The van der Waals surface area contributed by atoms with Crippen LogP contribution in [0, 0.1) is 0 Å². The first kappa shape index (κ1) is 13.0. The fraction of sp³-hybridized carbons (Fsp3) is 0.438. The molecule has 0 aromatic carbocycles. The summed E-state index contributed by atoms with van der Waals surface area (Å²) >= 11 is 0. The molecular formula is C16H21N3O. The number of aromatic nitrogens is 1. The van der Waals surface area contributed by atoms with Crippen molar-refractivity contribution in [2.45, 2.75) is 32.2 Å². The molecule has 0 aliphatic carbocycles. The van der Waals surface area contributed by atoms with E-state index in [-0.39, 0.29) is 6.04 Å². The highest BCUT2D eigenvalue weighted by Gasteiger charge is 2.12. The van der Waals surface area contributed by atoms with Crippen molar-refractivity contribution in [3.63, 3.8) is 0 Å². The van der Waals surface area contributed by atoms with Gasteiger partial charge in [0.15, 0.2) is 0 Å². The Labute approximate surface area is 119 Å². The number of piperidine rings is 1. The zero-order valence-corrected chi connectivity index (χ0v) is 11.9. The minimum atomic E-state index is 0.219. The second-order valence-electron chi connectivity index (χ2n) is 5.38. The predicted octanol–water partition coefficient (Wildman–Crippen LogP) is 3.84. The van der Waals surface area contributed by atoms with Crippen molar-refractivity contribution < 1.29 is 4.42 Å². The third-order valence-corrected chi connectivity index (χ3v) is 3.85. The molecule has 20 heavy (non-hydrogen) atoms. The summed E-state index contributed by atoms with van der Waals surface area (Å²) in [6.07, 6.45) is 9.29. The maximum absolute atomic E-state index is 5.11. The maximum atomic E-state index is 5.11. The van der Waals surface area contributed by atoms with Gasteiger partial charge < -0.3 is 14.6 Å². The number of hydrogen-bond acceptors (Lipinski definition) is 4. The van der Waals surface area contributed by atoms with Crippen molar-refractivity contribution in [3.8, 4) is 0 Å². The number of hydrogen-bond donors (Lipinski definition) is 1. The molecule has 0 amide bonds. The molecule has 0 radical (unpaired) electrons. The van der Waals surface area contributed by atoms with Crippen molar-refractivity contribution in [2.24, 2.45) is 0 Å². The highest BCUT2D eigenvalue weighted by atomic mass is 16.3. The van der Waals surface area contributed by atoms with Crippen LogP contribution in [0.15, 0.2) is 41.3 Å². The van der Waals surface area contributed by atoms with E-state index in [9.17, 15) is 0 Å². The predicted molar refractivity (Wildman–Crippen MR) is 81.0 cm³/mol. The molecule has 1 unspecified atom stereocenters. The lowest BCUT2D eigenvalue weighted by atomic mass is 10.1. The fourth-order valence-electron chi connectivity index (χ4n) is 2.64. The second-order valence-corrected chi connectivity index (χ2v) is 5.38. The van der Waals surface area contributed by atoms with Crippen molar-refractivity contribution in [3.05, 3.63) is 42.5 Å². The van der Waals surface area contributed by atoms with Gasteiger partial charge in [0.1, 0.15) is 5.82 Å². The normalized spacial score (nSPS) is 16.9. The summed E-state index contributed by atoms with van der Waals surface area (Å²) < 4.78 is 5.11. The van der Waals surface area contributed by atoms with Gasteiger partial charge in [-0.1, -0.05) is 0 Å². The van der Waals surface area contributed by atoms with Gasteiger partial charge in [0.05, 0.1) is 30.5 Å². The smallest absolute Gasteiger partial charge is 0.128 e. The topological polar surface area (TPSA) is 41.3 Å². The quantitative estimate of drug-likeness (QED) is 0.917. The van der Waals surface area contributed by atoms with Crippen LogP contribution < -0.4 is 10.2 Å². The molecule has 0 saturated carbocycles. The van der Waals surface area contributed by atoms with Crippen LogP contribution in [0.25, 0.3) is 0 Å². The van der Waals surface area contributed by atoms with Gasteiger partial charge in [0.25, 0.3) is 0 Å². The van der Waals surface area contributed by atoms with Gasteiger partial charge >= 0.3 is 0 Å². The molecule has 4 heteroatoms. The van der Waals surface area contributed by atoms with Gasteiger partial charge in [0, 0.05) is 18.7 Å². The van der Waals surface area contributed by atoms with Gasteiger partial charge in [-0.15, -0.1) is 0 Å². The first-order chi connectivity index (χ1) is 9.83. The summed E-state index contributed by atoms with van der Waals surface area (Å²) in [5, 5.41) is 3.43. The van der Waals surface area contributed by atoms with Crippen LogP contribution in [0.1, 0.15) is 37.8 Å². The highest BCUT2D eigenvalue weighted by molar-refractivity contribution is 5.49. The maximum Gasteiger partial charge on any atom is 0.128 e. The summed E-state index contributed by atoms with van der Waals surface area (Å²) in [6.45, 7) is 4.37. The van der Waals surface area contributed by atoms with E-state index >= 15 is 0 Å². The highest BCUT2D eigenvalue weighted by Crippen LogP contribution is 2.22. The van der Waals surface area contributed by atoms with Gasteiger partial charge in [-0.3, -0.25) is 0 Å². The number of anilines is 2. The molecule has 0 spiro atoms. The Morgan fingerprint density at radius 2 is 2.05 bits per heavy atom. The standard InChI is InChI=1S/C16H21N3O/c1-13(14-7-10-20-12-14)18-15-5-6-16(17-11-15)19-8-3-2-4-9-19/h5-7,10-13,18H,2-4,8-9H2,1H3. The molecule has 106 valence electrons. The molecule has 2 aromatic rings. The Morgan fingerprint density at radius 3 is 2.70 bits per heavy atom. The van der Waals surface area contributed by atoms with Crippen LogP contribution in [0.4, 0.5) is 11.5 Å². The van der Waals surface area contributed by atoms with E-state index in [2.05, 4.69) is 34.3 Å². The monoisotopic (exact) mass is 271 g/mol. The molecule has 1 aliphatic heterocycles. The van der Waals surface area contributed by atoms with Gasteiger partial charge in [-0.2, -0.15) is 0 Å². The molecule has 3 heterocycles. The summed E-state index contributed by atoms with van der Waals surface area (Å²) in [7, 11) is 0. The Kier molecular flexibility index (Phi) is 3.90. The lowest BCUT2D eigenvalue weighted by molar-refractivity contribution is 0.562. The second kappa shape index (κ2) is 5.99. The average molecular weight is 271 g/mol. The lowest BCUT2D eigenvalue weighted by Crippen LogP contribution is -2.30. The van der Waals surface area contributed by atoms with Crippen molar-refractivity contribution in [1.29, 1.82) is 0 Å². The van der Waals surface area contributed by atoms with Crippen molar-refractivity contribution in [2.75, 3.05) is 23.3 Å². The molecule has 2 aromatic heterocycles. The number of rotatable bonds is 4. The molecular weight excluding hydrogens is 250 g/mol. The fourth-order valence-corrected chi connectivity index (χ4v) is 2.64. The minimum Gasteiger partial charge on any atom is -0.472 e. The van der Waals surface area contributed by atoms with E-state index < -0.39 is 0 Å². The minimum absolute atomic E-state index is 0.219. The van der Waals surface area contributed by atoms with E-state index in [1.807, 2.05) is 12.3 Å². The van der Waals surface area contributed by atoms with Gasteiger partial charge in [0.2, 0.25) is 0 Å². The van der Waals surface area contributed by atoms with E-state index in [4.69, 9.17) is 4.42 Å². The molecule has 1 atom stereocenters. The summed E-state index contributed by atoms with van der Waals surface area (Å²) in [5.74, 6) is 1.09. The number of nitrogens with zero attached hydrogens (tertiary/aromatic N) is 2. The van der Waals surface area contributed by atoms with E-state index in [0.717, 1.165) is 30.2 Å². The number of furan rings is 1. The molecule has 1 fully saturated rings. The molecule has 1 saturated heterocycles. The van der Waals surface area contributed by atoms with Crippen LogP contribution in [0.3, 0.4) is 0 Å². The van der Waals surface area contributed by atoms with Crippen LogP contribution >= 0.6 is 0 Å². The third-order valence-electron chi connectivity index (χ3n) is 3.85. The van der Waals surface area contributed by atoms with Crippen LogP contribution in [-0.2, 0) is 0 Å². The summed E-state index contributed by atoms with van der Waals surface area (Å²) in [6, 6.07) is 6.41.